The standard InChI is InChI=1S/C28H25N3O5/c1-35-17-12-13-22(36-2)21(15-17)31-25(32)23-20(14-16-8-4-3-5-9-16)30-28(24(23)26(31)33)18-10-6-7-11-19(18)29-27(28)34/h3-13,15,20,23-24,30H,14H2,1-2H3,(H,29,34)/t20-,23-,24-,28-/m0/s1. The molecule has 3 aliphatic rings. The lowest BCUT2D eigenvalue weighted by atomic mass is 9.76. The zero-order chi connectivity index (χ0) is 25.0. The number of rotatable bonds is 5. The maximum absolute atomic E-state index is 14.2. The van der Waals surface area contributed by atoms with Gasteiger partial charge < -0.3 is 14.8 Å². The van der Waals surface area contributed by atoms with E-state index in [1.54, 1.807) is 18.2 Å². The molecule has 1 spiro atoms. The third kappa shape index (κ3) is 3.01. The molecule has 3 amide bonds. The molecular formula is C28H25N3O5. The van der Waals surface area contributed by atoms with E-state index >= 15 is 0 Å². The quantitative estimate of drug-likeness (QED) is 0.542. The fourth-order valence-electron chi connectivity index (χ4n) is 6.01. The highest BCUT2D eigenvalue weighted by atomic mass is 16.5. The molecule has 8 nitrogen and oxygen atoms in total. The van der Waals surface area contributed by atoms with Gasteiger partial charge in [0, 0.05) is 23.4 Å². The normalized spacial score (nSPS) is 26.2. The molecule has 0 aromatic heterocycles. The van der Waals surface area contributed by atoms with E-state index in [-0.39, 0.29) is 11.8 Å². The summed E-state index contributed by atoms with van der Waals surface area (Å²) in [5.41, 5.74) is 1.29. The van der Waals surface area contributed by atoms with Gasteiger partial charge in [0.05, 0.1) is 31.7 Å². The van der Waals surface area contributed by atoms with E-state index in [4.69, 9.17) is 9.47 Å². The van der Waals surface area contributed by atoms with Crippen molar-refractivity contribution >= 4 is 29.1 Å². The van der Waals surface area contributed by atoms with Crippen molar-refractivity contribution in [3.8, 4) is 11.5 Å². The van der Waals surface area contributed by atoms with Crippen molar-refractivity contribution in [2.24, 2.45) is 11.8 Å². The number of hydrogen-bond donors (Lipinski definition) is 2. The fraction of sp³-hybridized carbons (Fsp3) is 0.250. The van der Waals surface area contributed by atoms with E-state index in [0.29, 0.717) is 34.9 Å². The van der Waals surface area contributed by atoms with Gasteiger partial charge in [-0.1, -0.05) is 48.5 Å². The Balaban J connectivity index is 1.51. The Hall–Kier alpha value is -4.17. The molecule has 3 aromatic rings. The van der Waals surface area contributed by atoms with Crippen LogP contribution in [0.3, 0.4) is 0 Å². The number of fused-ring (bicyclic) bond motifs is 4. The van der Waals surface area contributed by atoms with Gasteiger partial charge in [0.1, 0.15) is 17.0 Å². The average molecular weight is 484 g/mol. The first-order valence-electron chi connectivity index (χ1n) is 11.8. The minimum atomic E-state index is -1.35. The number of imide groups is 1. The number of ether oxygens (including phenoxy) is 2. The summed E-state index contributed by atoms with van der Waals surface area (Å²) in [5.74, 6) is -1.93. The highest BCUT2D eigenvalue weighted by Gasteiger charge is 2.70. The number of amides is 3. The summed E-state index contributed by atoms with van der Waals surface area (Å²) < 4.78 is 10.9. The maximum Gasteiger partial charge on any atom is 0.250 e. The highest BCUT2D eigenvalue weighted by Crippen LogP contribution is 2.54. The Morgan fingerprint density at radius 3 is 2.39 bits per heavy atom. The molecule has 0 bridgehead atoms. The lowest BCUT2D eigenvalue weighted by Crippen LogP contribution is -2.53. The number of anilines is 2. The largest absolute Gasteiger partial charge is 0.497 e. The lowest BCUT2D eigenvalue weighted by molar-refractivity contribution is -0.130. The van der Waals surface area contributed by atoms with Gasteiger partial charge in [0.15, 0.2) is 0 Å². The van der Waals surface area contributed by atoms with Gasteiger partial charge in [0.2, 0.25) is 17.7 Å². The predicted octanol–water partition coefficient (Wildman–Crippen LogP) is 2.87. The first-order valence-corrected chi connectivity index (χ1v) is 11.8. The molecule has 8 heteroatoms. The highest BCUT2D eigenvalue weighted by molar-refractivity contribution is 6.26. The van der Waals surface area contributed by atoms with Crippen LogP contribution < -0.4 is 25.0 Å². The van der Waals surface area contributed by atoms with Crippen molar-refractivity contribution in [1.82, 2.24) is 5.32 Å². The summed E-state index contributed by atoms with van der Waals surface area (Å²) in [6.07, 6.45) is 0.487. The zero-order valence-corrected chi connectivity index (χ0v) is 19.9. The van der Waals surface area contributed by atoms with E-state index in [1.165, 1.54) is 19.1 Å². The second-order valence-corrected chi connectivity index (χ2v) is 9.30. The molecule has 182 valence electrons. The van der Waals surface area contributed by atoms with Crippen LogP contribution in [0.2, 0.25) is 0 Å². The van der Waals surface area contributed by atoms with Crippen LogP contribution in [0, 0.1) is 11.8 Å². The summed E-state index contributed by atoms with van der Waals surface area (Å²) in [4.78, 5) is 43.0. The molecule has 0 aliphatic carbocycles. The number of benzene rings is 3. The minimum Gasteiger partial charge on any atom is -0.497 e. The van der Waals surface area contributed by atoms with Gasteiger partial charge in [-0.25, -0.2) is 4.90 Å². The lowest BCUT2D eigenvalue weighted by Gasteiger charge is -2.30. The summed E-state index contributed by atoms with van der Waals surface area (Å²) >= 11 is 0. The molecule has 0 radical (unpaired) electrons. The topological polar surface area (TPSA) is 97.0 Å². The summed E-state index contributed by atoms with van der Waals surface area (Å²) in [7, 11) is 3.00. The molecule has 2 N–H and O–H groups in total. The summed E-state index contributed by atoms with van der Waals surface area (Å²) in [5, 5.41) is 6.40. The molecular weight excluding hydrogens is 458 g/mol. The van der Waals surface area contributed by atoms with E-state index in [2.05, 4.69) is 10.6 Å². The first-order chi connectivity index (χ1) is 17.5. The molecule has 0 unspecified atom stereocenters. The number of hydrogen-bond acceptors (Lipinski definition) is 6. The van der Waals surface area contributed by atoms with Crippen LogP contribution in [0.1, 0.15) is 11.1 Å². The van der Waals surface area contributed by atoms with Crippen LogP contribution in [0.15, 0.2) is 72.8 Å². The number of nitrogens with one attached hydrogen (secondary N) is 2. The van der Waals surface area contributed by atoms with Gasteiger partial charge in [-0.05, 0) is 30.2 Å². The molecule has 3 heterocycles. The number of methoxy groups -OCH3 is 2. The van der Waals surface area contributed by atoms with Gasteiger partial charge in [-0.15, -0.1) is 0 Å². The molecule has 2 saturated heterocycles. The average Bonchev–Trinajstić information content (AvgIpc) is 3.48. The summed E-state index contributed by atoms with van der Waals surface area (Å²) in [6.45, 7) is 0. The van der Waals surface area contributed by atoms with Crippen molar-refractivity contribution in [2.45, 2.75) is 18.0 Å². The number of nitrogens with zero attached hydrogens (tertiary/aromatic N) is 1. The van der Waals surface area contributed by atoms with Gasteiger partial charge in [-0.3, -0.25) is 19.7 Å². The van der Waals surface area contributed by atoms with Crippen molar-refractivity contribution < 1.29 is 23.9 Å². The molecule has 3 aliphatic heterocycles. The Morgan fingerprint density at radius 1 is 0.889 bits per heavy atom. The van der Waals surface area contributed by atoms with E-state index in [9.17, 15) is 14.4 Å². The molecule has 36 heavy (non-hydrogen) atoms. The maximum atomic E-state index is 14.2. The SMILES string of the molecule is COc1ccc(OC)c(N2C(=O)[C@H]3[C@H](Cc4ccccc4)N[C@]4(C(=O)Nc5ccccc54)[C@@H]3C2=O)c1. The van der Waals surface area contributed by atoms with Crippen LogP contribution in [-0.2, 0) is 26.3 Å². The third-order valence-electron chi connectivity index (χ3n) is 7.55. The van der Waals surface area contributed by atoms with Crippen molar-refractivity contribution in [3.63, 3.8) is 0 Å². The van der Waals surface area contributed by atoms with E-state index < -0.39 is 29.3 Å². The minimum absolute atomic E-state index is 0.307. The zero-order valence-electron chi connectivity index (χ0n) is 19.9. The second-order valence-electron chi connectivity index (χ2n) is 9.30. The van der Waals surface area contributed by atoms with Gasteiger partial charge >= 0.3 is 0 Å². The fourth-order valence-corrected chi connectivity index (χ4v) is 6.01. The van der Waals surface area contributed by atoms with Crippen molar-refractivity contribution in [3.05, 3.63) is 83.9 Å². The third-order valence-corrected chi connectivity index (χ3v) is 7.55. The number of carbonyl (C=O) groups is 3. The molecule has 3 aromatic carbocycles. The van der Waals surface area contributed by atoms with Crippen molar-refractivity contribution in [2.75, 3.05) is 24.4 Å². The molecule has 2 fully saturated rings. The van der Waals surface area contributed by atoms with Crippen LogP contribution in [-0.4, -0.2) is 38.0 Å². The first kappa shape index (κ1) is 22.3. The number of carbonyl (C=O) groups excluding carboxylic acids is 3. The van der Waals surface area contributed by atoms with Crippen LogP contribution >= 0.6 is 0 Å². The Labute approximate surface area is 208 Å². The number of para-hydroxylation sites is 1. The molecule has 6 rings (SSSR count). The van der Waals surface area contributed by atoms with E-state index in [0.717, 1.165) is 5.56 Å². The monoisotopic (exact) mass is 483 g/mol. The Morgan fingerprint density at radius 2 is 1.64 bits per heavy atom. The molecule has 0 saturated carbocycles. The summed E-state index contributed by atoms with van der Waals surface area (Å²) in [6, 6.07) is 21.6. The van der Waals surface area contributed by atoms with Crippen molar-refractivity contribution in [1.29, 1.82) is 0 Å². The van der Waals surface area contributed by atoms with Crippen LogP contribution in [0.25, 0.3) is 0 Å². The predicted molar refractivity (Wildman–Crippen MR) is 133 cm³/mol. The molecule has 4 atom stereocenters. The van der Waals surface area contributed by atoms with E-state index in [1.807, 2.05) is 54.6 Å². The van der Waals surface area contributed by atoms with Gasteiger partial charge in [-0.2, -0.15) is 0 Å². The Kier molecular flexibility index (Phi) is 5.08. The van der Waals surface area contributed by atoms with Gasteiger partial charge in [0.25, 0.3) is 0 Å². The second kappa shape index (κ2) is 8.20. The smallest absolute Gasteiger partial charge is 0.250 e. The Bertz CT molecular complexity index is 1390. The van der Waals surface area contributed by atoms with Crippen LogP contribution in [0.5, 0.6) is 11.5 Å². The van der Waals surface area contributed by atoms with Crippen LogP contribution in [0.4, 0.5) is 11.4 Å².